The van der Waals surface area contributed by atoms with Crippen molar-refractivity contribution in [3.63, 3.8) is 0 Å². The lowest BCUT2D eigenvalue weighted by Crippen LogP contribution is -2.52. The Bertz CT molecular complexity index is 437. The lowest BCUT2D eigenvalue weighted by Gasteiger charge is -2.36. The van der Waals surface area contributed by atoms with Gasteiger partial charge in [0.1, 0.15) is 0 Å². The highest BCUT2D eigenvalue weighted by atomic mass is 16.5. The number of carbonyl (C=O) groups excluding carboxylic acids is 2. The SMILES string of the molecule is O=C(CCC1CCCCC1)N1CCN(C(=O)CC2COCCN2)CC1. The zero-order chi connectivity index (χ0) is 17.5. The average molecular weight is 351 g/mol. The monoisotopic (exact) mass is 351 g/mol. The Morgan fingerprint density at radius 3 is 2.28 bits per heavy atom. The van der Waals surface area contributed by atoms with Gasteiger partial charge in [0, 0.05) is 51.6 Å². The lowest BCUT2D eigenvalue weighted by atomic mass is 9.86. The number of piperazine rings is 1. The van der Waals surface area contributed by atoms with Crippen LogP contribution in [-0.4, -0.2) is 73.6 Å². The minimum atomic E-state index is 0.136. The van der Waals surface area contributed by atoms with Crippen LogP contribution in [0.25, 0.3) is 0 Å². The molecule has 2 heterocycles. The van der Waals surface area contributed by atoms with Gasteiger partial charge in [-0.15, -0.1) is 0 Å². The van der Waals surface area contributed by atoms with Crippen LogP contribution in [0.2, 0.25) is 0 Å². The second-order valence-electron chi connectivity index (χ2n) is 7.73. The molecular formula is C19H33N3O3. The summed E-state index contributed by atoms with van der Waals surface area (Å²) in [5.74, 6) is 1.21. The van der Waals surface area contributed by atoms with E-state index in [0.717, 1.165) is 25.5 Å². The van der Waals surface area contributed by atoms with Gasteiger partial charge in [0.2, 0.25) is 11.8 Å². The van der Waals surface area contributed by atoms with Gasteiger partial charge in [-0.2, -0.15) is 0 Å². The molecule has 6 heteroatoms. The number of morpholine rings is 1. The third-order valence-electron chi connectivity index (χ3n) is 5.90. The third kappa shape index (κ3) is 5.68. The van der Waals surface area contributed by atoms with E-state index in [1.807, 2.05) is 9.80 Å². The van der Waals surface area contributed by atoms with E-state index in [1.54, 1.807) is 0 Å². The van der Waals surface area contributed by atoms with E-state index in [-0.39, 0.29) is 17.9 Å². The highest BCUT2D eigenvalue weighted by molar-refractivity contribution is 5.78. The number of carbonyl (C=O) groups is 2. The van der Waals surface area contributed by atoms with Crippen LogP contribution >= 0.6 is 0 Å². The maximum absolute atomic E-state index is 12.4. The van der Waals surface area contributed by atoms with Crippen LogP contribution in [0, 0.1) is 5.92 Å². The minimum absolute atomic E-state index is 0.136. The van der Waals surface area contributed by atoms with Gasteiger partial charge in [-0.1, -0.05) is 32.1 Å². The molecule has 1 N–H and O–H groups in total. The average Bonchev–Trinajstić information content (AvgIpc) is 2.68. The number of nitrogens with zero attached hydrogens (tertiary/aromatic N) is 2. The van der Waals surface area contributed by atoms with Crippen molar-refractivity contribution in [2.45, 2.75) is 57.4 Å². The Morgan fingerprint density at radius 1 is 0.960 bits per heavy atom. The summed E-state index contributed by atoms with van der Waals surface area (Å²) in [7, 11) is 0. The van der Waals surface area contributed by atoms with Gasteiger partial charge in [-0.05, 0) is 12.3 Å². The standard InChI is InChI=1S/C19H33N3O3/c23-18(7-6-16-4-2-1-3-5-16)21-9-11-22(12-10-21)19(24)14-17-15-25-13-8-20-17/h16-17,20H,1-15H2. The largest absolute Gasteiger partial charge is 0.378 e. The van der Waals surface area contributed by atoms with Crippen LogP contribution in [0.5, 0.6) is 0 Å². The maximum atomic E-state index is 12.4. The summed E-state index contributed by atoms with van der Waals surface area (Å²) in [5.41, 5.74) is 0. The summed E-state index contributed by atoms with van der Waals surface area (Å²) in [6.45, 7) is 4.87. The second kappa shape index (κ2) is 9.53. The molecule has 25 heavy (non-hydrogen) atoms. The van der Waals surface area contributed by atoms with Gasteiger partial charge in [-0.3, -0.25) is 9.59 Å². The van der Waals surface area contributed by atoms with Gasteiger partial charge < -0.3 is 19.9 Å². The quantitative estimate of drug-likeness (QED) is 0.813. The molecule has 0 spiro atoms. The minimum Gasteiger partial charge on any atom is -0.378 e. The van der Waals surface area contributed by atoms with Crippen LogP contribution in [-0.2, 0) is 14.3 Å². The Balaban J connectivity index is 1.34. The van der Waals surface area contributed by atoms with Crippen molar-refractivity contribution in [1.82, 2.24) is 15.1 Å². The molecule has 1 aliphatic carbocycles. The molecule has 1 unspecified atom stereocenters. The third-order valence-corrected chi connectivity index (χ3v) is 5.90. The molecule has 142 valence electrons. The summed E-state index contributed by atoms with van der Waals surface area (Å²) in [5, 5.41) is 3.33. The molecule has 2 saturated heterocycles. The first-order chi connectivity index (χ1) is 12.2. The van der Waals surface area contributed by atoms with Gasteiger partial charge in [0.15, 0.2) is 0 Å². The number of ether oxygens (including phenoxy) is 1. The van der Waals surface area contributed by atoms with Gasteiger partial charge in [0.05, 0.1) is 13.2 Å². The molecule has 0 bridgehead atoms. The fraction of sp³-hybridized carbons (Fsp3) is 0.895. The first-order valence-electron chi connectivity index (χ1n) is 10.1. The molecule has 1 atom stereocenters. The van der Waals surface area contributed by atoms with Crippen molar-refractivity contribution in [2.75, 3.05) is 45.9 Å². The Hall–Kier alpha value is -1.14. The Morgan fingerprint density at radius 2 is 1.64 bits per heavy atom. The molecule has 2 aliphatic heterocycles. The molecule has 0 aromatic carbocycles. The number of hydrogen-bond donors (Lipinski definition) is 1. The van der Waals surface area contributed by atoms with Crippen molar-refractivity contribution in [3.8, 4) is 0 Å². The van der Waals surface area contributed by atoms with Crippen LogP contribution in [0.4, 0.5) is 0 Å². The molecule has 6 nitrogen and oxygen atoms in total. The van der Waals surface area contributed by atoms with Crippen molar-refractivity contribution in [2.24, 2.45) is 5.92 Å². The van der Waals surface area contributed by atoms with Crippen molar-refractivity contribution in [1.29, 1.82) is 0 Å². The number of hydrogen-bond acceptors (Lipinski definition) is 4. The highest BCUT2D eigenvalue weighted by Crippen LogP contribution is 2.27. The summed E-state index contributed by atoms with van der Waals surface area (Å²) in [6, 6.07) is 0.136. The molecule has 0 aromatic rings. The molecule has 2 amide bonds. The molecule has 3 fully saturated rings. The Labute approximate surface area is 151 Å². The lowest BCUT2D eigenvalue weighted by molar-refractivity contribution is -0.140. The summed E-state index contributed by atoms with van der Waals surface area (Å²) in [4.78, 5) is 28.7. The summed E-state index contributed by atoms with van der Waals surface area (Å²) >= 11 is 0. The van der Waals surface area contributed by atoms with E-state index in [2.05, 4.69) is 5.32 Å². The van der Waals surface area contributed by atoms with Crippen LogP contribution in [0.1, 0.15) is 51.4 Å². The van der Waals surface area contributed by atoms with Crippen LogP contribution in [0.3, 0.4) is 0 Å². The smallest absolute Gasteiger partial charge is 0.224 e. The molecule has 0 radical (unpaired) electrons. The van der Waals surface area contributed by atoms with E-state index < -0.39 is 0 Å². The van der Waals surface area contributed by atoms with E-state index in [1.165, 1.54) is 32.1 Å². The zero-order valence-electron chi connectivity index (χ0n) is 15.4. The van der Waals surface area contributed by atoms with Gasteiger partial charge in [-0.25, -0.2) is 0 Å². The highest BCUT2D eigenvalue weighted by Gasteiger charge is 2.26. The first kappa shape index (κ1) is 18.6. The Kier molecular flexibility index (Phi) is 7.11. The van der Waals surface area contributed by atoms with E-state index in [9.17, 15) is 9.59 Å². The predicted octanol–water partition coefficient (Wildman–Crippen LogP) is 1.40. The van der Waals surface area contributed by atoms with Crippen molar-refractivity contribution >= 4 is 11.8 Å². The first-order valence-corrected chi connectivity index (χ1v) is 10.1. The van der Waals surface area contributed by atoms with Gasteiger partial charge >= 0.3 is 0 Å². The normalized spacial score (nSPS) is 25.8. The molecule has 1 saturated carbocycles. The topological polar surface area (TPSA) is 61.9 Å². The van der Waals surface area contributed by atoms with E-state index in [4.69, 9.17) is 4.74 Å². The second-order valence-corrected chi connectivity index (χ2v) is 7.73. The zero-order valence-corrected chi connectivity index (χ0v) is 15.4. The summed E-state index contributed by atoms with van der Waals surface area (Å²) in [6.07, 6.45) is 8.86. The number of amides is 2. The molecule has 3 aliphatic rings. The molecule has 0 aromatic heterocycles. The van der Waals surface area contributed by atoms with Crippen molar-refractivity contribution < 1.29 is 14.3 Å². The van der Waals surface area contributed by atoms with E-state index >= 15 is 0 Å². The maximum Gasteiger partial charge on any atom is 0.224 e. The predicted molar refractivity (Wildman–Crippen MR) is 96.2 cm³/mol. The number of nitrogens with one attached hydrogen (secondary N) is 1. The fourth-order valence-corrected chi connectivity index (χ4v) is 4.26. The van der Waals surface area contributed by atoms with Gasteiger partial charge in [0.25, 0.3) is 0 Å². The summed E-state index contributed by atoms with van der Waals surface area (Å²) < 4.78 is 5.41. The van der Waals surface area contributed by atoms with Crippen LogP contribution < -0.4 is 5.32 Å². The molecule has 3 rings (SSSR count). The molecular weight excluding hydrogens is 318 g/mol. The number of rotatable bonds is 5. The fourth-order valence-electron chi connectivity index (χ4n) is 4.26. The van der Waals surface area contributed by atoms with E-state index in [0.29, 0.717) is 45.6 Å². The van der Waals surface area contributed by atoms with Crippen LogP contribution in [0.15, 0.2) is 0 Å². The van der Waals surface area contributed by atoms with Crippen molar-refractivity contribution in [3.05, 3.63) is 0 Å².